The minimum atomic E-state index is 0.221. The van der Waals surface area contributed by atoms with Crippen LogP contribution < -0.4 is 5.32 Å². The SMILES string of the molecule is CC(C)c1ccc(Cn2c(CCCNC(=O)C3CC3)nc3ccccc32)cc1. The summed E-state index contributed by atoms with van der Waals surface area (Å²) in [5.74, 6) is 2.14. The summed E-state index contributed by atoms with van der Waals surface area (Å²) in [4.78, 5) is 16.7. The average Bonchev–Trinajstić information content (AvgIpc) is 3.50. The van der Waals surface area contributed by atoms with E-state index < -0.39 is 0 Å². The van der Waals surface area contributed by atoms with Gasteiger partial charge in [0.25, 0.3) is 0 Å². The third-order valence-electron chi connectivity index (χ3n) is 5.55. The fraction of sp³-hybridized carbons (Fsp3) is 0.417. The molecular weight excluding hydrogens is 346 g/mol. The van der Waals surface area contributed by atoms with Crippen molar-refractivity contribution < 1.29 is 4.79 Å². The molecule has 0 radical (unpaired) electrons. The van der Waals surface area contributed by atoms with Crippen LogP contribution in [0.5, 0.6) is 0 Å². The largest absolute Gasteiger partial charge is 0.356 e. The van der Waals surface area contributed by atoms with Gasteiger partial charge in [0.1, 0.15) is 5.82 Å². The number of rotatable bonds is 8. The van der Waals surface area contributed by atoms with Crippen LogP contribution in [0.3, 0.4) is 0 Å². The van der Waals surface area contributed by atoms with Gasteiger partial charge in [-0.3, -0.25) is 4.79 Å². The molecule has 0 aliphatic heterocycles. The molecule has 1 fully saturated rings. The number of para-hydroxylation sites is 2. The van der Waals surface area contributed by atoms with Crippen molar-refractivity contribution in [2.75, 3.05) is 6.54 Å². The summed E-state index contributed by atoms with van der Waals surface area (Å²) in [6.45, 7) is 5.99. The van der Waals surface area contributed by atoms with Gasteiger partial charge in [-0.2, -0.15) is 0 Å². The Labute approximate surface area is 167 Å². The van der Waals surface area contributed by atoms with Crippen molar-refractivity contribution in [2.45, 2.75) is 52.0 Å². The smallest absolute Gasteiger partial charge is 0.223 e. The molecule has 0 atom stereocenters. The maximum absolute atomic E-state index is 11.8. The molecule has 1 amide bonds. The van der Waals surface area contributed by atoms with Crippen LogP contribution >= 0.6 is 0 Å². The zero-order chi connectivity index (χ0) is 19.5. The van der Waals surface area contributed by atoms with Gasteiger partial charge >= 0.3 is 0 Å². The molecule has 0 spiro atoms. The summed E-state index contributed by atoms with van der Waals surface area (Å²) >= 11 is 0. The second kappa shape index (κ2) is 8.17. The van der Waals surface area contributed by atoms with E-state index in [1.165, 1.54) is 16.6 Å². The predicted molar refractivity (Wildman–Crippen MR) is 113 cm³/mol. The van der Waals surface area contributed by atoms with Crippen LogP contribution in [-0.2, 0) is 17.8 Å². The second-order valence-electron chi connectivity index (χ2n) is 8.17. The zero-order valence-corrected chi connectivity index (χ0v) is 16.8. The molecule has 0 bridgehead atoms. The van der Waals surface area contributed by atoms with Crippen molar-refractivity contribution in [3.05, 3.63) is 65.5 Å². The number of nitrogens with one attached hydrogen (secondary N) is 1. The number of fused-ring (bicyclic) bond motifs is 1. The Morgan fingerprint density at radius 3 is 2.61 bits per heavy atom. The molecule has 1 heterocycles. The molecule has 1 aliphatic rings. The molecular formula is C24H29N3O. The van der Waals surface area contributed by atoms with Crippen LogP contribution in [0.2, 0.25) is 0 Å². The van der Waals surface area contributed by atoms with E-state index in [0.717, 1.165) is 50.1 Å². The Balaban J connectivity index is 1.48. The monoisotopic (exact) mass is 375 g/mol. The molecule has 0 unspecified atom stereocenters. The summed E-state index contributed by atoms with van der Waals surface area (Å²) in [5.41, 5.74) is 4.87. The van der Waals surface area contributed by atoms with Crippen LogP contribution in [0.25, 0.3) is 11.0 Å². The molecule has 28 heavy (non-hydrogen) atoms. The number of carbonyl (C=O) groups excluding carboxylic acids is 1. The molecule has 4 nitrogen and oxygen atoms in total. The van der Waals surface area contributed by atoms with Gasteiger partial charge in [-0.15, -0.1) is 0 Å². The maximum atomic E-state index is 11.8. The molecule has 1 aromatic heterocycles. The topological polar surface area (TPSA) is 46.9 Å². The van der Waals surface area contributed by atoms with Crippen molar-refractivity contribution in [1.29, 1.82) is 0 Å². The van der Waals surface area contributed by atoms with Crippen molar-refractivity contribution in [3.63, 3.8) is 0 Å². The number of imidazole rings is 1. The first-order valence-electron chi connectivity index (χ1n) is 10.4. The van der Waals surface area contributed by atoms with E-state index in [0.29, 0.717) is 5.92 Å². The van der Waals surface area contributed by atoms with E-state index in [2.05, 4.69) is 66.2 Å². The van der Waals surface area contributed by atoms with E-state index in [4.69, 9.17) is 4.98 Å². The highest BCUT2D eigenvalue weighted by Gasteiger charge is 2.29. The van der Waals surface area contributed by atoms with Crippen molar-refractivity contribution in [3.8, 4) is 0 Å². The quantitative estimate of drug-likeness (QED) is 0.582. The average molecular weight is 376 g/mol. The summed E-state index contributed by atoms with van der Waals surface area (Å²) in [7, 11) is 0. The maximum Gasteiger partial charge on any atom is 0.223 e. The standard InChI is InChI=1S/C24H29N3O/c1-17(2)19-11-9-18(10-12-19)16-27-22-7-4-3-6-21(22)26-23(27)8-5-15-25-24(28)20-13-14-20/h3-4,6-7,9-12,17,20H,5,8,13-16H2,1-2H3,(H,25,28). The summed E-state index contributed by atoms with van der Waals surface area (Å²) in [6, 6.07) is 17.2. The first kappa shape index (κ1) is 18.7. The fourth-order valence-electron chi connectivity index (χ4n) is 3.63. The summed E-state index contributed by atoms with van der Waals surface area (Å²) in [5, 5.41) is 3.06. The molecule has 4 rings (SSSR count). The molecule has 1 N–H and O–H groups in total. The van der Waals surface area contributed by atoms with E-state index >= 15 is 0 Å². The van der Waals surface area contributed by atoms with Gasteiger partial charge < -0.3 is 9.88 Å². The lowest BCUT2D eigenvalue weighted by Crippen LogP contribution is -2.26. The number of aryl methyl sites for hydroxylation is 1. The summed E-state index contributed by atoms with van der Waals surface area (Å²) in [6.07, 6.45) is 3.88. The van der Waals surface area contributed by atoms with Crippen LogP contribution in [0.4, 0.5) is 0 Å². The van der Waals surface area contributed by atoms with Gasteiger partial charge in [-0.1, -0.05) is 50.2 Å². The third-order valence-corrected chi connectivity index (χ3v) is 5.55. The van der Waals surface area contributed by atoms with E-state index in [1.54, 1.807) is 0 Å². The van der Waals surface area contributed by atoms with Gasteiger partial charge in [0.15, 0.2) is 0 Å². The van der Waals surface area contributed by atoms with Crippen molar-refractivity contribution in [1.82, 2.24) is 14.9 Å². The highest BCUT2D eigenvalue weighted by Crippen LogP contribution is 2.28. The lowest BCUT2D eigenvalue weighted by Gasteiger charge is -2.11. The molecule has 4 heteroatoms. The van der Waals surface area contributed by atoms with Crippen LogP contribution in [0, 0.1) is 5.92 Å². The summed E-state index contributed by atoms with van der Waals surface area (Å²) < 4.78 is 2.32. The number of amides is 1. The first-order valence-corrected chi connectivity index (χ1v) is 10.4. The Morgan fingerprint density at radius 2 is 1.89 bits per heavy atom. The van der Waals surface area contributed by atoms with Gasteiger partial charge in [0.05, 0.1) is 11.0 Å². The normalized spacial score (nSPS) is 14.0. The Hall–Kier alpha value is -2.62. The van der Waals surface area contributed by atoms with Crippen LogP contribution in [0.1, 0.15) is 56.0 Å². The Morgan fingerprint density at radius 1 is 1.14 bits per heavy atom. The minimum Gasteiger partial charge on any atom is -0.356 e. The molecule has 3 aromatic rings. The lowest BCUT2D eigenvalue weighted by molar-refractivity contribution is -0.122. The van der Waals surface area contributed by atoms with Gasteiger partial charge in [0, 0.05) is 25.4 Å². The number of hydrogen-bond acceptors (Lipinski definition) is 2. The lowest BCUT2D eigenvalue weighted by atomic mass is 10.0. The van der Waals surface area contributed by atoms with E-state index in [9.17, 15) is 4.79 Å². The number of benzene rings is 2. The number of nitrogens with zero attached hydrogens (tertiary/aromatic N) is 2. The second-order valence-corrected chi connectivity index (χ2v) is 8.17. The number of hydrogen-bond donors (Lipinski definition) is 1. The van der Waals surface area contributed by atoms with Crippen molar-refractivity contribution in [2.24, 2.45) is 5.92 Å². The fourth-order valence-corrected chi connectivity index (χ4v) is 3.63. The van der Waals surface area contributed by atoms with Gasteiger partial charge in [-0.05, 0) is 48.4 Å². The Kier molecular flexibility index (Phi) is 5.47. The van der Waals surface area contributed by atoms with Crippen LogP contribution in [0.15, 0.2) is 48.5 Å². The molecule has 146 valence electrons. The predicted octanol–water partition coefficient (Wildman–Crippen LogP) is 4.67. The molecule has 0 saturated heterocycles. The molecule has 2 aromatic carbocycles. The highest BCUT2D eigenvalue weighted by atomic mass is 16.2. The van der Waals surface area contributed by atoms with Gasteiger partial charge in [0.2, 0.25) is 5.91 Å². The highest BCUT2D eigenvalue weighted by molar-refractivity contribution is 5.80. The zero-order valence-electron chi connectivity index (χ0n) is 16.8. The first-order chi connectivity index (χ1) is 13.6. The van der Waals surface area contributed by atoms with Crippen LogP contribution in [-0.4, -0.2) is 22.0 Å². The number of aromatic nitrogens is 2. The Bertz CT molecular complexity index is 952. The molecule has 1 saturated carbocycles. The van der Waals surface area contributed by atoms with Gasteiger partial charge in [-0.25, -0.2) is 4.98 Å². The minimum absolute atomic E-state index is 0.221. The van der Waals surface area contributed by atoms with Crippen molar-refractivity contribution >= 4 is 16.9 Å². The number of carbonyl (C=O) groups is 1. The third kappa shape index (κ3) is 4.27. The molecule has 1 aliphatic carbocycles. The van der Waals surface area contributed by atoms with E-state index in [1.807, 2.05) is 6.07 Å². The van der Waals surface area contributed by atoms with E-state index in [-0.39, 0.29) is 11.8 Å².